The second-order valence-corrected chi connectivity index (χ2v) is 6.00. The Hall–Kier alpha value is -0.570. The summed E-state index contributed by atoms with van der Waals surface area (Å²) in [4.78, 5) is 11.6. The third kappa shape index (κ3) is 4.27. The van der Waals surface area contributed by atoms with Crippen molar-refractivity contribution in [1.82, 2.24) is 5.32 Å². The number of hydrogen-bond acceptors (Lipinski definition) is 3. The van der Waals surface area contributed by atoms with Crippen LogP contribution in [0.5, 0.6) is 0 Å². The largest absolute Gasteiger partial charge is 0.469 e. The van der Waals surface area contributed by atoms with Gasteiger partial charge in [0.1, 0.15) is 0 Å². The zero-order valence-electron chi connectivity index (χ0n) is 12.4. The van der Waals surface area contributed by atoms with Gasteiger partial charge in [-0.05, 0) is 37.6 Å². The predicted octanol–water partition coefficient (Wildman–Crippen LogP) is 3.13. The quantitative estimate of drug-likeness (QED) is 0.606. The Morgan fingerprint density at radius 1 is 1.39 bits per heavy atom. The Bertz CT molecular complexity index is 265. The summed E-state index contributed by atoms with van der Waals surface area (Å²) in [6.45, 7) is 7.66. The molecule has 0 spiro atoms. The van der Waals surface area contributed by atoms with Crippen molar-refractivity contribution in [1.29, 1.82) is 0 Å². The van der Waals surface area contributed by atoms with Crippen LogP contribution in [0.4, 0.5) is 0 Å². The molecule has 3 heteroatoms. The zero-order valence-corrected chi connectivity index (χ0v) is 12.4. The predicted molar refractivity (Wildman–Crippen MR) is 74.5 cm³/mol. The van der Waals surface area contributed by atoms with Gasteiger partial charge >= 0.3 is 5.97 Å². The number of methoxy groups -OCH3 is 1. The Morgan fingerprint density at radius 2 is 2.11 bits per heavy atom. The van der Waals surface area contributed by atoms with Gasteiger partial charge < -0.3 is 10.1 Å². The number of ether oxygens (including phenoxy) is 1. The van der Waals surface area contributed by atoms with Crippen molar-refractivity contribution >= 4 is 5.97 Å². The molecule has 1 fully saturated rings. The number of carbonyl (C=O) groups is 1. The van der Waals surface area contributed by atoms with Crippen molar-refractivity contribution < 1.29 is 9.53 Å². The molecule has 0 aliphatic heterocycles. The van der Waals surface area contributed by atoms with E-state index in [1.54, 1.807) is 0 Å². The molecule has 18 heavy (non-hydrogen) atoms. The van der Waals surface area contributed by atoms with E-state index in [2.05, 4.69) is 26.1 Å². The number of hydrogen-bond donors (Lipinski definition) is 1. The molecule has 0 aromatic rings. The van der Waals surface area contributed by atoms with Crippen LogP contribution in [0.15, 0.2) is 0 Å². The molecule has 3 nitrogen and oxygen atoms in total. The molecule has 0 radical (unpaired) electrons. The lowest BCUT2D eigenvalue weighted by atomic mass is 9.84. The fraction of sp³-hybridized carbons (Fsp3) is 0.933. The smallest absolute Gasteiger partial charge is 0.307 e. The molecule has 1 aliphatic carbocycles. The number of nitrogens with one attached hydrogen (secondary N) is 1. The number of esters is 1. The molecule has 1 aliphatic rings. The van der Waals surface area contributed by atoms with Crippen molar-refractivity contribution in [3.05, 3.63) is 0 Å². The third-order valence-electron chi connectivity index (χ3n) is 4.43. The minimum atomic E-state index is -0.0843. The normalized spacial score (nSPS) is 29.1. The summed E-state index contributed by atoms with van der Waals surface area (Å²) in [7, 11) is 1.48. The monoisotopic (exact) mass is 255 g/mol. The van der Waals surface area contributed by atoms with Gasteiger partial charge in [-0.15, -0.1) is 0 Å². The first kappa shape index (κ1) is 15.5. The molecule has 2 unspecified atom stereocenters. The highest BCUT2D eigenvalue weighted by Crippen LogP contribution is 2.35. The van der Waals surface area contributed by atoms with Crippen LogP contribution in [0, 0.1) is 11.8 Å². The molecule has 2 atom stereocenters. The summed E-state index contributed by atoms with van der Waals surface area (Å²) < 4.78 is 4.86. The van der Waals surface area contributed by atoms with Crippen LogP contribution in [0.1, 0.15) is 59.3 Å². The highest BCUT2D eigenvalue weighted by molar-refractivity contribution is 5.70. The van der Waals surface area contributed by atoms with Gasteiger partial charge in [-0.2, -0.15) is 0 Å². The lowest BCUT2D eigenvalue weighted by Gasteiger charge is -2.33. The Kier molecular flexibility index (Phi) is 6.13. The van der Waals surface area contributed by atoms with Crippen LogP contribution in [-0.2, 0) is 9.53 Å². The van der Waals surface area contributed by atoms with Gasteiger partial charge in [-0.25, -0.2) is 0 Å². The summed E-state index contributed by atoms with van der Waals surface area (Å²) >= 11 is 0. The summed E-state index contributed by atoms with van der Waals surface area (Å²) in [5.41, 5.74) is -0.0223. The fourth-order valence-corrected chi connectivity index (χ4v) is 3.24. The average molecular weight is 255 g/mol. The standard InChI is InChI=1S/C15H29NO2/c1-5-16-15(11-14(17)18-4)9-6-7-13(8-10-15)12(2)3/h12-13,16H,5-11H2,1-4H3. The van der Waals surface area contributed by atoms with E-state index >= 15 is 0 Å². The van der Waals surface area contributed by atoms with Crippen LogP contribution in [0.25, 0.3) is 0 Å². The summed E-state index contributed by atoms with van der Waals surface area (Å²) in [6, 6.07) is 0. The molecule has 106 valence electrons. The molecule has 1 rings (SSSR count). The first-order chi connectivity index (χ1) is 8.53. The molecule has 0 saturated heterocycles. The molecule has 0 heterocycles. The van der Waals surface area contributed by atoms with Gasteiger partial charge in [0, 0.05) is 5.54 Å². The molecule has 0 aromatic carbocycles. The van der Waals surface area contributed by atoms with Crippen molar-refractivity contribution in [2.24, 2.45) is 11.8 Å². The van der Waals surface area contributed by atoms with Crippen molar-refractivity contribution in [2.45, 2.75) is 64.8 Å². The maximum absolute atomic E-state index is 11.6. The van der Waals surface area contributed by atoms with Gasteiger partial charge in [0.2, 0.25) is 0 Å². The van der Waals surface area contributed by atoms with Crippen molar-refractivity contribution in [2.75, 3.05) is 13.7 Å². The van der Waals surface area contributed by atoms with E-state index in [-0.39, 0.29) is 11.5 Å². The van der Waals surface area contributed by atoms with E-state index in [0.29, 0.717) is 6.42 Å². The molecular formula is C15H29NO2. The topological polar surface area (TPSA) is 38.3 Å². The summed E-state index contributed by atoms with van der Waals surface area (Å²) in [6.07, 6.45) is 6.45. The summed E-state index contributed by atoms with van der Waals surface area (Å²) in [5, 5.41) is 3.56. The van der Waals surface area contributed by atoms with E-state index in [0.717, 1.165) is 31.2 Å². The van der Waals surface area contributed by atoms with E-state index in [1.165, 1.54) is 26.4 Å². The number of carbonyl (C=O) groups excluding carboxylic acids is 1. The Balaban J connectivity index is 2.69. The molecule has 0 aromatic heterocycles. The summed E-state index contributed by atoms with van der Waals surface area (Å²) in [5.74, 6) is 1.47. The van der Waals surface area contributed by atoms with E-state index in [4.69, 9.17) is 4.74 Å². The Morgan fingerprint density at radius 3 is 2.67 bits per heavy atom. The Labute approximate surface area is 112 Å². The SMILES string of the molecule is CCNC1(CC(=O)OC)CCCC(C(C)C)CC1. The van der Waals surface area contributed by atoms with Crippen LogP contribution < -0.4 is 5.32 Å². The highest BCUT2D eigenvalue weighted by atomic mass is 16.5. The van der Waals surface area contributed by atoms with Crippen LogP contribution in [0.2, 0.25) is 0 Å². The first-order valence-corrected chi connectivity index (χ1v) is 7.35. The number of rotatable bonds is 5. The molecule has 0 amide bonds. The van der Waals surface area contributed by atoms with Crippen LogP contribution in [0.3, 0.4) is 0 Å². The maximum Gasteiger partial charge on any atom is 0.307 e. The first-order valence-electron chi connectivity index (χ1n) is 7.35. The second-order valence-electron chi connectivity index (χ2n) is 6.00. The average Bonchev–Trinajstić information content (AvgIpc) is 2.52. The lowest BCUT2D eigenvalue weighted by molar-refractivity contribution is -0.142. The second kappa shape index (κ2) is 7.13. The van der Waals surface area contributed by atoms with Crippen molar-refractivity contribution in [3.8, 4) is 0 Å². The molecule has 1 N–H and O–H groups in total. The van der Waals surface area contributed by atoms with Gasteiger partial charge in [0.05, 0.1) is 13.5 Å². The van der Waals surface area contributed by atoms with E-state index in [1.807, 2.05) is 0 Å². The fourth-order valence-electron chi connectivity index (χ4n) is 3.24. The van der Waals surface area contributed by atoms with Gasteiger partial charge in [0.25, 0.3) is 0 Å². The van der Waals surface area contributed by atoms with E-state index in [9.17, 15) is 4.79 Å². The molecule has 1 saturated carbocycles. The lowest BCUT2D eigenvalue weighted by Crippen LogP contribution is -2.46. The minimum absolute atomic E-state index is 0.0223. The molecular weight excluding hydrogens is 226 g/mol. The van der Waals surface area contributed by atoms with Gasteiger partial charge in [-0.1, -0.05) is 33.6 Å². The van der Waals surface area contributed by atoms with Gasteiger partial charge in [-0.3, -0.25) is 4.79 Å². The maximum atomic E-state index is 11.6. The zero-order chi connectivity index (χ0) is 13.6. The third-order valence-corrected chi connectivity index (χ3v) is 4.43. The van der Waals surface area contributed by atoms with Gasteiger partial charge in [0.15, 0.2) is 0 Å². The van der Waals surface area contributed by atoms with Crippen LogP contribution in [-0.4, -0.2) is 25.2 Å². The van der Waals surface area contributed by atoms with Crippen molar-refractivity contribution in [3.63, 3.8) is 0 Å². The minimum Gasteiger partial charge on any atom is -0.469 e. The molecule has 0 bridgehead atoms. The van der Waals surface area contributed by atoms with Crippen LogP contribution >= 0.6 is 0 Å². The van der Waals surface area contributed by atoms with E-state index < -0.39 is 0 Å². The highest BCUT2D eigenvalue weighted by Gasteiger charge is 2.35.